The van der Waals surface area contributed by atoms with E-state index in [4.69, 9.17) is 22.4 Å². The van der Waals surface area contributed by atoms with Crippen molar-refractivity contribution in [1.29, 1.82) is 0 Å². The number of anilines is 2. The zero-order chi connectivity index (χ0) is 13.1. The second kappa shape index (κ2) is 5.46. The third-order valence-electron chi connectivity index (χ3n) is 2.39. The maximum absolute atomic E-state index is 9.04. The van der Waals surface area contributed by atoms with Crippen molar-refractivity contribution in [3.8, 4) is 0 Å². The molecule has 7 heteroatoms. The number of aromatic nitrogens is 3. The van der Waals surface area contributed by atoms with Crippen LogP contribution in [0.15, 0.2) is 0 Å². The van der Waals surface area contributed by atoms with Gasteiger partial charge in [-0.2, -0.15) is 15.0 Å². The molecule has 0 bridgehead atoms. The van der Waals surface area contributed by atoms with Gasteiger partial charge in [-0.15, -0.1) is 0 Å². The molecule has 0 radical (unpaired) electrons. The number of nitrogens with zero attached hydrogens (tertiary/aromatic N) is 3. The van der Waals surface area contributed by atoms with E-state index in [0.29, 0.717) is 12.4 Å². The molecule has 6 nitrogen and oxygen atoms in total. The summed E-state index contributed by atoms with van der Waals surface area (Å²) in [6.45, 7) is 6.27. The molecule has 0 aliphatic carbocycles. The molecule has 96 valence electrons. The van der Waals surface area contributed by atoms with Crippen molar-refractivity contribution in [1.82, 2.24) is 15.0 Å². The number of nitrogens with two attached hydrogens (primary N) is 1. The number of nitrogen functional groups attached to an aromatic ring is 1. The molecular weight excluding hydrogens is 242 g/mol. The van der Waals surface area contributed by atoms with Crippen LogP contribution in [0.5, 0.6) is 0 Å². The first-order valence-corrected chi connectivity index (χ1v) is 5.75. The van der Waals surface area contributed by atoms with E-state index in [1.165, 1.54) is 0 Å². The van der Waals surface area contributed by atoms with E-state index in [-0.39, 0.29) is 29.3 Å². The molecule has 4 N–H and O–H groups in total. The Hall–Kier alpha value is -1.14. The van der Waals surface area contributed by atoms with Gasteiger partial charge in [-0.05, 0) is 23.4 Å². The third-order valence-corrected chi connectivity index (χ3v) is 2.56. The lowest BCUT2D eigenvalue weighted by atomic mass is 9.85. The van der Waals surface area contributed by atoms with Crippen molar-refractivity contribution in [3.63, 3.8) is 0 Å². The van der Waals surface area contributed by atoms with Crippen LogP contribution >= 0.6 is 11.6 Å². The van der Waals surface area contributed by atoms with Crippen LogP contribution in [-0.4, -0.2) is 32.7 Å². The van der Waals surface area contributed by atoms with Crippen LogP contribution in [0.3, 0.4) is 0 Å². The Bertz CT molecular complexity index is 359. The second-order valence-electron chi connectivity index (χ2n) is 4.86. The maximum atomic E-state index is 9.04. The average molecular weight is 260 g/mol. The van der Waals surface area contributed by atoms with Crippen molar-refractivity contribution in [2.24, 2.45) is 5.41 Å². The molecule has 0 spiro atoms. The first kappa shape index (κ1) is 13.9. The van der Waals surface area contributed by atoms with Crippen molar-refractivity contribution in [2.45, 2.75) is 33.2 Å². The summed E-state index contributed by atoms with van der Waals surface area (Å²) in [4.78, 5) is 11.6. The molecule has 1 aromatic rings. The fourth-order valence-electron chi connectivity index (χ4n) is 1.44. The summed E-state index contributed by atoms with van der Waals surface area (Å²) in [5.74, 6) is 0.403. The van der Waals surface area contributed by atoms with Crippen molar-refractivity contribution < 1.29 is 5.11 Å². The summed E-state index contributed by atoms with van der Waals surface area (Å²) in [5.41, 5.74) is 5.44. The molecule has 1 rings (SSSR count). The number of aliphatic hydroxyl groups is 1. The lowest BCUT2D eigenvalue weighted by Crippen LogP contribution is -2.35. The van der Waals surface area contributed by atoms with Gasteiger partial charge in [-0.25, -0.2) is 0 Å². The average Bonchev–Trinajstić information content (AvgIpc) is 2.13. The van der Waals surface area contributed by atoms with E-state index in [1.807, 2.05) is 0 Å². The molecule has 17 heavy (non-hydrogen) atoms. The minimum atomic E-state index is -0.0450. The number of hydrogen-bond donors (Lipinski definition) is 3. The predicted molar refractivity (Wildman–Crippen MR) is 67.8 cm³/mol. The molecule has 0 aliphatic heterocycles. The first-order chi connectivity index (χ1) is 7.82. The Morgan fingerprint density at radius 3 is 2.47 bits per heavy atom. The second-order valence-corrected chi connectivity index (χ2v) is 5.20. The maximum Gasteiger partial charge on any atom is 0.229 e. The molecule has 0 amide bonds. The molecular formula is C10H18ClN5O. The minimum absolute atomic E-state index is 0.0189. The normalized spacial score (nSPS) is 13.5. The molecule has 1 aromatic heterocycles. The van der Waals surface area contributed by atoms with Crippen LogP contribution in [0.25, 0.3) is 0 Å². The van der Waals surface area contributed by atoms with Crippen LogP contribution in [0, 0.1) is 5.41 Å². The fraction of sp³-hybridized carbons (Fsp3) is 0.700. The molecule has 1 unspecified atom stereocenters. The standard InChI is InChI=1S/C10H18ClN5O/c1-10(2,3)6(4-5-17)13-9-15-7(11)14-8(12)16-9/h6,17H,4-5H2,1-3H3,(H3,12,13,14,15,16). The van der Waals surface area contributed by atoms with Crippen LogP contribution in [0.1, 0.15) is 27.2 Å². The summed E-state index contributed by atoms with van der Waals surface area (Å²) in [5, 5.41) is 12.2. The summed E-state index contributed by atoms with van der Waals surface area (Å²) in [6, 6.07) is 0.0189. The van der Waals surface area contributed by atoms with Gasteiger partial charge >= 0.3 is 0 Å². The Labute approximate surface area is 106 Å². The SMILES string of the molecule is CC(C)(C)C(CCO)Nc1nc(N)nc(Cl)n1. The van der Waals surface area contributed by atoms with Gasteiger partial charge < -0.3 is 16.2 Å². The van der Waals surface area contributed by atoms with Crippen LogP contribution in [-0.2, 0) is 0 Å². The van der Waals surface area contributed by atoms with E-state index >= 15 is 0 Å². The van der Waals surface area contributed by atoms with Gasteiger partial charge in [0.1, 0.15) is 0 Å². The highest BCUT2D eigenvalue weighted by Crippen LogP contribution is 2.24. The van der Waals surface area contributed by atoms with E-state index in [9.17, 15) is 0 Å². The van der Waals surface area contributed by atoms with Gasteiger partial charge in [0.15, 0.2) is 0 Å². The van der Waals surface area contributed by atoms with Gasteiger partial charge in [-0.1, -0.05) is 20.8 Å². The van der Waals surface area contributed by atoms with Gasteiger partial charge in [-0.3, -0.25) is 0 Å². The highest BCUT2D eigenvalue weighted by Gasteiger charge is 2.25. The number of nitrogens with one attached hydrogen (secondary N) is 1. The number of rotatable bonds is 4. The molecule has 0 fully saturated rings. The zero-order valence-corrected chi connectivity index (χ0v) is 11.0. The molecule has 1 heterocycles. The molecule has 0 saturated heterocycles. The Morgan fingerprint density at radius 2 is 2.00 bits per heavy atom. The van der Waals surface area contributed by atoms with Crippen molar-refractivity contribution >= 4 is 23.5 Å². The highest BCUT2D eigenvalue weighted by atomic mass is 35.5. The van der Waals surface area contributed by atoms with E-state index in [1.54, 1.807) is 0 Å². The predicted octanol–water partition coefficient (Wildman–Crippen LogP) is 1.32. The Morgan fingerprint density at radius 1 is 1.35 bits per heavy atom. The first-order valence-electron chi connectivity index (χ1n) is 5.37. The number of halogens is 1. The van der Waals surface area contributed by atoms with Crippen LogP contribution < -0.4 is 11.1 Å². The van der Waals surface area contributed by atoms with Crippen molar-refractivity contribution in [2.75, 3.05) is 17.7 Å². The lowest BCUT2D eigenvalue weighted by molar-refractivity contribution is 0.235. The lowest BCUT2D eigenvalue weighted by Gasteiger charge is -2.31. The van der Waals surface area contributed by atoms with E-state index < -0.39 is 0 Å². The van der Waals surface area contributed by atoms with Crippen LogP contribution in [0.2, 0.25) is 5.28 Å². The van der Waals surface area contributed by atoms with Gasteiger partial charge in [0.2, 0.25) is 17.2 Å². The Kier molecular flexibility index (Phi) is 4.47. The third kappa shape index (κ3) is 4.32. The summed E-state index contributed by atoms with van der Waals surface area (Å²) >= 11 is 5.69. The molecule has 0 aliphatic rings. The number of aliphatic hydroxyl groups excluding tert-OH is 1. The highest BCUT2D eigenvalue weighted by molar-refractivity contribution is 6.28. The van der Waals surface area contributed by atoms with Crippen molar-refractivity contribution in [3.05, 3.63) is 5.28 Å². The van der Waals surface area contributed by atoms with Gasteiger partial charge in [0, 0.05) is 12.6 Å². The largest absolute Gasteiger partial charge is 0.396 e. The Balaban J connectivity index is 2.86. The van der Waals surface area contributed by atoms with E-state index in [0.717, 1.165) is 0 Å². The van der Waals surface area contributed by atoms with Crippen LogP contribution in [0.4, 0.5) is 11.9 Å². The molecule has 1 atom stereocenters. The van der Waals surface area contributed by atoms with E-state index in [2.05, 4.69) is 41.0 Å². The molecule has 0 aromatic carbocycles. The topological polar surface area (TPSA) is 97.0 Å². The smallest absolute Gasteiger partial charge is 0.229 e. The quantitative estimate of drug-likeness (QED) is 0.755. The number of hydrogen-bond acceptors (Lipinski definition) is 6. The van der Waals surface area contributed by atoms with Gasteiger partial charge in [0.05, 0.1) is 0 Å². The van der Waals surface area contributed by atoms with Gasteiger partial charge in [0.25, 0.3) is 0 Å². The summed E-state index contributed by atoms with van der Waals surface area (Å²) in [6.07, 6.45) is 0.590. The monoisotopic (exact) mass is 259 g/mol. The molecule has 0 saturated carbocycles. The fourth-order valence-corrected chi connectivity index (χ4v) is 1.60. The summed E-state index contributed by atoms with van der Waals surface area (Å²) in [7, 11) is 0. The summed E-state index contributed by atoms with van der Waals surface area (Å²) < 4.78 is 0. The minimum Gasteiger partial charge on any atom is -0.396 e. The zero-order valence-electron chi connectivity index (χ0n) is 10.2.